The smallest absolute Gasteiger partial charge is 0.191 e. The molecule has 19 heavy (non-hydrogen) atoms. The Kier molecular flexibility index (Phi) is 7.90. The first-order chi connectivity index (χ1) is 9.17. The Balaban J connectivity index is 2.38. The Morgan fingerprint density at radius 1 is 1.37 bits per heavy atom. The first kappa shape index (κ1) is 16.3. The zero-order chi connectivity index (χ0) is 14.1. The van der Waals surface area contributed by atoms with E-state index in [9.17, 15) is 4.39 Å². The molecule has 0 atom stereocenters. The van der Waals surface area contributed by atoms with Crippen LogP contribution in [-0.2, 0) is 6.42 Å². The number of halogens is 2. The lowest BCUT2D eigenvalue weighted by Crippen LogP contribution is -2.39. The van der Waals surface area contributed by atoms with Crippen LogP contribution in [0.5, 0.6) is 0 Å². The SMILES string of the molecule is CN=C(NCCSC)NCCc1cc(Br)ccc1F. The van der Waals surface area contributed by atoms with Crippen molar-refractivity contribution in [1.29, 1.82) is 0 Å². The molecule has 0 saturated heterocycles. The van der Waals surface area contributed by atoms with Gasteiger partial charge in [0.1, 0.15) is 5.82 Å². The molecule has 0 unspecified atom stereocenters. The maximum absolute atomic E-state index is 13.5. The molecule has 0 aliphatic carbocycles. The summed E-state index contributed by atoms with van der Waals surface area (Å²) in [6.45, 7) is 1.51. The monoisotopic (exact) mass is 347 g/mol. The van der Waals surface area contributed by atoms with Crippen LogP contribution < -0.4 is 10.6 Å². The van der Waals surface area contributed by atoms with E-state index in [1.54, 1.807) is 30.9 Å². The minimum absolute atomic E-state index is 0.171. The van der Waals surface area contributed by atoms with Gasteiger partial charge in [0.05, 0.1) is 0 Å². The zero-order valence-electron chi connectivity index (χ0n) is 11.2. The molecule has 2 N–H and O–H groups in total. The molecule has 0 amide bonds. The molecule has 0 aromatic heterocycles. The summed E-state index contributed by atoms with van der Waals surface area (Å²) >= 11 is 5.13. The van der Waals surface area contributed by atoms with Gasteiger partial charge in [-0.3, -0.25) is 4.99 Å². The van der Waals surface area contributed by atoms with E-state index in [4.69, 9.17) is 0 Å². The molecule has 0 spiro atoms. The Labute approximate surface area is 126 Å². The minimum atomic E-state index is -0.171. The number of aliphatic imine (C=N–C) groups is 1. The van der Waals surface area contributed by atoms with Crippen LogP contribution in [-0.4, -0.2) is 38.1 Å². The first-order valence-electron chi connectivity index (χ1n) is 6.04. The second-order valence-corrected chi connectivity index (χ2v) is 5.81. The van der Waals surface area contributed by atoms with Crippen LogP contribution in [0.4, 0.5) is 4.39 Å². The highest BCUT2D eigenvalue weighted by molar-refractivity contribution is 9.10. The number of thioether (sulfide) groups is 1. The number of hydrogen-bond donors (Lipinski definition) is 2. The normalized spacial score (nSPS) is 11.5. The fourth-order valence-electron chi connectivity index (χ4n) is 1.54. The summed E-state index contributed by atoms with van der Waals surface area (Å²) < 4.78 is 14.4. The lowest BCUT2D eigenvalue weighted by molar-refractivity contribution is 0.606. The van der Waals surface area contributed by atoms with Gasteiger partial charge in [0.2, 0.25) is 0 Å². The topological polar surface area (TPSA) is 36.4 Å². The van der Waals surface area contributed by atoms with E-state index in [0.29, 0.717) is 18.5 Å². The van der Waals surface area contributed by atoms with Crippen LogP contribution in [0.2, 0.25) is 0 Å². The van der Waals surface area contributed by atoms with Crippen molar-refractivity contribution in [1.82, 2.24) is 10.6 Å². The van der Waals surface area contributed by atoms with Crippen LogP contribution in [0.25, 0.3) is 0 Å². The van der Waals surface area contributed by atoms with Crippen molar-refractivity contribution in [2.75, 3.05) is 32.1 Å². The van der Waals surface area contributed by atoms with Gasteiger partial charge >= 0.3 is 0 Å². The van der Waals surface area contributed by atoms with E-state index in [0.717, 1.165) is 22.7 Å². The van der Waals surface area contributed by atoms with Crippen LogP contribution in [0, 0.1) is 5.82 Å². The van der Waals surface area contributed by atoms with Crippen LogP contribution in [0.1, 0.15) is 5.56 Å². The number of hydrogen-bond acceptors (Lipinski definition) is 2. The molecule has 1 aromatic rings. The Bertz CT molecular complexity index is 426. The van der Waals surface area contributed by atoms with Gasteiger partial charge in [0.15, 0.2) is 5.96 Å². The van der Waals surface area contributed by atoms with E-state index < -0.39 is 0 Å². The highest BCUT2D eigenvalue weighted by Crippen LogP contribution is 2.15. The molecule has 1 rings (SSSR count). The molecule has 0 saturated carbocycles. The number of rotatable bonds is 6. The Morgan fingerprint density at radius 3 is 2.79 bits per heavy atom. The summed E-state index contributed by atoms with van der Waals surface area (Å²) in [6.07, 6.45) is 2.68. The van der Waals surface area contributed by atoms with Gasteiger partial charge in [-0.25, -0.2) is 4.39 Å². The average molecular weight is 348 g/mol. The molecule has 0 radical (unpaired) electrons. The van der Waals surface area contributed by atoms with E-state index in [1.807, 2.05) is 0 Å². The molecule has 0 aliphatic rings. The van der Waals surface area contributed by atoms with Crippen molar-refractivity contribution < 1.29 is 4.39 Å². The summed E-state index contributed by atoms with van der Waals surface area (Å²) in [5.74, 6) is 1.61. The summed E-state index contributed by atoms with van der Waals surface area (Å²) in [5, 5.41) is 6.37. The number of nitrogens with one attached hydrogen (secondary N) is 2. The van der Waals surface area contributed by atoms with E-state index >= 15 is 0 Å². The van der Waals surface area contributed by atoms with E-state index in [2.05, 4.69) is 37.8 Å². The van der Waals surface area contributed by atoms with Gasteiger partial charge in [-0.1, -0.05) is 15.9 Å². The molecular weight excluding hydrogens is 329 g/mol. The fourth-order valence-corrected chi connectivity index (χ4v) is 2.26. The molecule has 6 heteroatoms. The third-order valence-corrected chi connectivity index (χ3v) is 3.62. The van der Waals surface area contributed by atoms with E-state index in [-0.39, 0.29) is 5.82 Å². The van der Waals surface area contributed by atoms with Crippen molar-refractivity contribution in [2.45, 2.75) is 6.42 Å². The van der Waals surface area contributed by atoms with Gasteiger partial charge in [-0.2, -0.15) is 11.8 Å². The largest absolute Gasteiger partial charge is 0.356 e. The van der Waals surface area contributed by atoms with Crippen molar-refractivity contribution >= 4 is 33.7 Å². The second-order valence-electron chi connectivity index (χ2n) is 3.90. The molecular formula is C13H19BrFN3S. The molecule has 3 nitrogen and oxygen atoms in total. The summed E-state index contributed by atoms with van der Waals surface area (Å²) in [5.41, 5.74) is 0.696. The summed E-state index contributed by atoms with van der Waals surface area (Å²) in [4.78, 5) is 4.11. The highest BCUT2D eigenvalue weighted by Gasteiger charge is 2.03. The van der Waals surface area contributed by atoms with Crippen LogP contribution in [0.3, 0.4) is 0 Å². The van der Waals surface area contributed by atoms with Crippen molar-refractivity contribution in [3.8, 4) is 0 Å². The van der Waals surface area contributed by atoms with Crippen LogP contribution >= 0.6 is 27.7 Å². The lowest BCUT2D eigenvalue weighted by Gasteiger charge is -2.11. The van der Waals surface area contributed by atoms with Gasteiger partial charge in [0.25, 0.3) is 0 Å². The predicted molar refractivity (Wildman–Crippen MR) is 85.6 cm³/mol. The van der Waals surface area contributed by atoms with Crippen LogP contribution in [0.15, 0.2) is 27.7 Å². The highest BCUT2D eigenvalue weighted by atomic mass is 79.9. The summed E-state index contributed by atoms with van der Waals surface area (Å²) in [7, 11) is 1.73. The quantitative estimate of drug-likeness (QED) is 0.471. The molecule has 1 aromatic carbocycles. The Morgan fingerprint density at radius 2 is 2.11 bits per heavy atom. The number of nitrogens with zero attached hydrogens (tertiary/aromatic N) is 1. The lowest BCUT2D eigenvalue weighted by atomic mass is 10.1. The molecule has 0 bridgehead atoms. The standard InChI is InChI=1S/C13H19BrFN3S/c1-16-13(18-7-8-19-2)17-6-5-10-9-11(14)3-4-12(10)15/h3-4,9H,5-8H2,1-2H3,(H2,16,17,18). The number of benzene rings is 1. The van der Waals surface area contributed by atoms with Gasteiger partial charge in [0, 0.05) is 30.4 Å². The van der Waals surface area contributed by atoms with Crippen molar-refractivity contribution in [3.63, 3.8) is 0 Å². The van der Waals surface area contributed by atoms with Gasteiger partial charge in [-0.05, 0) is 36.4 Å². The maximum Gasteiger partial charge on any atom is 0.191 e. The van der Waals surface area contributed by atoms with Gasteiger partial charge < -0.3 is 10.6 Å². The molecule has 0 fully saturated rings. The summed E-state index contributed by atoms with van der Waals surface area (Å²) in [6, 6.07) is 4.99. The average Bonchev–Trinajstić information content (AvgIpc) is 2.41. The fraction of sp³-hybridized carbons (Fsp3) is 0.462. The minimum Gasteiger partial charge on any atom is -0.356 e. The van der Waals surface area contributed by atoms with E-state index in [1.165, 1.54) is 6.07 Å². The van der Waals surface area contributed by atoms with Crippen molar-refractivity contribution in [2.24, 2.45) is 4.99 Å². The predicted octanol–water partition coefficient (Wildman–Crippen LogP) is 2.66. The first-order valence-corrected chi connectivity index (χ1v) is 8.23. The van der Waals surface area contributed by atoms with Crippen molar-refractivity contribution in [3.05, 3.63) is 34.1 Å². The third kappa shape index (κ3) is 6.29. The Hall–Kier alpha value is -0.750. The maximum atomic E-state index is 13.5. The second kappa shape index (κ2) is 9.20. The molecule has 0 heterocycles. The third-order valence-electron chi connectivity index (χ3n) is 2.52. The number of guanidine groups is 1. The molecule has 0 aliphatic heterocycles. The molecule has 106 valence electrons. The zero-order valence-corrected chi connectivity index (χ0v) is 13.6. The van der Waals surface area contributed by atoms with Gasteiger partial charge in [-0.15, -0.1) is 0 Å².